The summed E-state index contributed by atoms with van der Waals surface area (Å²) in [4.78, 5) is 11.7. The Labute approximate surface area is 137 Å². The molecule has 0 aromatic heterocycles. The van der Waals surface area contributed by atoms with Crippen molar-refractivity contribution in [3.63, 3.8) is 0 Å². The minimum absolute atomic E-state index is 0.0526. The molecule has 0 saturated carbocycles. The maximum Gasteiger partial charge on any atom is 0.314 e. The van der Waals surface area contributed by atoms with Gasteiger partial charge in [0.1, 0.15) is 0 Å². The van der Waals surface area contributed by atoms with Gasteiger partial charge in [0.2, 0.25) is 0 Å². The molecular weight excluding hydrogens is 275 g/mol. The minimum atomic E-state index is -0.0526. The normalized spacial score (nSPS) is 13.2. The van der Waals surface area contributed by atoms with Crippen molar-refractivity contribution in [2.24, 2.45) is 0 Å². The van der Waals surface area contributed by atoms with E-state index in [2.05, 4.69) is 34.8 Å². The van der Waals surface area contributed by atoms with Gasteiger partial charge in [-0.05, 0) is 58.7 Å². The highest BCUT2D eigenvalue weighted by molar-refractivity contribution is 6.20. The minimum Gasteiger partial charge on any atom is -0.395 e. The lowest BCUT2D eigenvalue weighted by Gasteiger charge is -2.19. The van der Waals surface area contributed by atoms with Gasteiger partial charge in [0.25, 0.3) is 0 Å². The monoisotopic (exact) mass is 310 g/mol. The standard InChI is InChI=1S/C16H35BN4O/c1-13(20-15(3)17)9-10-14(2)21-16(22)19-12-8-6-5-7-11-18-4/h13-14,18,20H,3,5-12,17H2,1-2,4H3,(H2,19,21,22). The van der Waals surface area contributed by atoms with E-state index in [1.54, 1.807) is 0 Å². The van der Waals surface area contributed by atoms with Gasteiger partial charge in [-0.3, -0.25) is 0 Å². The highest BCUT2D eigenvalue weighted by Crippen LogP contribution is 2.02. The van der Waals surface area contributed by atoms with Gasteiger partial charge in [-0.15, -0.1) is 0 Å². The number of carbonyl (C=O) groups excluding carboxylic acids is 1. The number of hydrogen-bond donors (Lipinski definition) is 4. The van der Waals surface area contributed by atoms with Crippen LogP contribution in [0, 0.1) is 0 Å². The molecule has 0 aliphatic heterocycles. The molecule has 0 aliphatic carbocycles. The summed E-state index contributed by atoms with van der Waals surface area (Å²) in [5, 5.41) is 12.3. The van der Waals surface area contributed by atoms with Crippen LogP contribution in [0.5, 0.6) is 0 Å². The molecule has 0 fully saturated rings. The van der Waals surface area contributed by atoms with E-state index in [4.69, 9.17) is 0 Å². The Hall–Kier alpha value is -1.17. The van der Waals surface area contributed by atoms with Crippen LogP contribution >= 0.6 is 0 Å². The third-order valence-electron chi connectivity index (χ3n) is 3.54. The van der Waals surface area contributed by atoms with Crippen LogP contribution in [-0.2, 0) is 0 Å². The van der Waals surface area contributed by atoms with Gasteiger partial charge in [0.15, 0.2) is 7.85 Å². The summed E-state index contributed by atoms with van der Waals surface area (Å²) in [6.07, 6.45) is 6.61. The summed E-state index contributed by atoms with van der Waals surface area (Å²) in [5.41, 5.74) is 0.987. The lowest BCUT2D eigenvalue weighted by Crippen LogP contribution is -2.41. The number of unbranched alkanes of at least 4 members (excludes halogenated alkanes) is 3. The van der Waals surface area contributed by atoms with E-state index >= 15 is 0 Å². The molecule has 2 atom stereocenters. The lowest BCUT2D eigenvalue weighted by molar-refractivity contribution is 0.236. The van der Waals surface area contributed by atoms with Crippen molar-refractivity contribution in [3.8, 4) is 0 Å². The third-order valence-corrected chi connectivity index (χ3v) is 3.54. The van der Waals surface area contributed by atoms with Crippen LogP contribution in [0.25, 0.3) is 0 Å². The van der Waals surface area contributed by atoms with Crippen molar-refractivity contribution in [2.45, 2.75) is 64.5 Å². The second-order valence-corrected chi connectivity index (χ2v) is 6.22. The fourth-order valence-corrected chi connectivity index (χ4v) is 2.32. The van der Waals surface area contributed by atoms with Gasteiger partial charge >= 0.3 is 6.03 Å². The Balaban J connectivity index is 3.55. The zero-order valence-corrected chi connectivity index (χ0v) is 14.9. The van der Waals surface area contributed by atoms with E-state index in [1.807, 2.05) is 21.8 Å². The molecular formula is C16H35BN4O. The van der Waals surface area contributed by atoms with E-state index in [0.717, 1.165) is 37.9 Å². The Morgan fingerprint density at radius 1 is 1.00 bits per heavy atom. The van der Waals surface area contributed by atoms with Gasteiger partial charge in [-0.2, -0.15) is 0 Å². The van der Waals surface area contributed by atoms with Gasteiger partial charge in [-0.1, -0.05) is 19.4 Å². The Kier molecular flexibility index (Phi) is 12.8. The third kappa shape index (κ3) is 13.8. The number of rotatable bonds is 13. The van der Waals surface area contributed by atoms with Crippen LogP contribution in [-0.4, -0.2) is 46.1 Å². The second-order valence-electron chi connectivity index (χ2n) is 6.22. The summed E-state index contributed by atoms with van der Waals surface area (Å²) in [5.74, 6) is 0. The number of amides is 2. The van der Waals surface area contributed by atoms with Gasteiger partial charge < -0.3 is 21.3 Å². The first-order valence-corrected chi connectivity index (χ1v) is 8.56. The van der Waals surface area contributed by atoms with Gasteiger partial charge in [0, 0.05) is 18.6 Å². The molecule has 5 nitrogen and oxygen atoms in total. The molecule has 0 bridgehead atoms. The highest BCUT2D eigenvalue weighted by atomic mass is 16.2. The average molecular weight is 310 g/mol. The predicted molar refractivity (Wildman–Crippen MR) is 97.9 cm³/mol. The predicted octanol–water partition coefficient (Wildman–Crippen LogP) is 1.32. The summed E-state index contributed by atoms with van der Waals surface area (Å²) >= 11 is 0. The Morgan fingerprint density at radius 2 is 1.55 bits per heavy atom. The molecule has 0 saturated heterocycles. The summed E-state index contributed by atoms with van der Waals surface area (Å²) < 4.78 is 0. The lowest BCUT2D eigenvalue weighted by atomic mass is 10.0. The van der Waals surface area contributed by atoms with Gasteiger partial charge in [0.05, 0.1) is 0 Å². The van der Waals surface area contributed by atoms with Crippen LogP contribution in [0.4, 0.5) is 4.79 Å². The summed E-state index contributed by atoms with van der Waals surface area (Å²) in [7, 11) is 3.94. The van der Waals surface area contributed by atoms with Crippen molar-refractivity contribution >= 4 is 13.9 Å². The molecule has 128 valence electrons. The van der Waals surface area contributed by atoms with E-state index in [1.165, 1.54) is 19.3 Å². The van der Waals surface area contributed by atoms with Crippen LogP contribution in [0.2, 0.25) is 0 Å². The molecule has 0 aliphatic rings. The molecule has 0 aromatic carbocycles. The fraction of sp³-hybridized carbons (Fsp3) is 0.812. The molecule has 0 radical (unpaired) electrons. The molecule has 2 amide bonds. The van der Waals surface area contributed by atoms with Crippen molar-refractivity contribution < 1.29 is 4.79 Å². The average Bonchev–Trinajstić information content (AvgIpc) is 2.43. The number of hydrogen-bond acceptors (Lipinski definition) is 3. The fourth-order valence-electron chi connectivity index (χ4n) is 2.32. The van der Waals surface area contributed by atoms with Crippen molar-refractivity contribution in [1.29, 1.82) is 0 Å². The van der Waals surface area contributed by atoms with Crippen LogP contribution in [0.15, 0.2) is 12.2 Å². The van der Waals surface area contributed by atoms with E-state index in [0.29, 0.717) is 6.04 Å². The molecule has 2 unspecified atom stereocenters. The topological polar surface area (TPSA) is 65.2 Å². The molecule has 0 spiro atoms. The Bertz CT molecular complexity index is 313. The van der Waals surface area contributed by atoms with Crippen molar-refractivity contribution in [2.75, 3.05) is 20.1 Å². The maximum atomic E-state index is 11.7. The number of nitrogens with one attached hydrogen (secondary N) is 4. The van der Waals surface area contributed by atoms with E-state index in [9.17, 15) is 4.79 Å². The van der Waals surface area contributed by atoms with Crippen LogP contribution in [0.1, 0.15) is 52.4 Å². The maximum absolute atomic E-state index is 11.7. The molecule has 0 aromatic rings. The molecule has 0 heterocycles. The quantitative estimate of drug-likeness (QED) is 0.306. The summed E-state index contributed by atoms with van der Waals surface area (Å²) in [6.45, 7) is 9.85. The second kappa shape index (κ2) is 13.5. The first-order chi connectivity index (χ1) is 10.5. The van der Waals surface area contributed by atoms with Crippen LogP contribution in [0.3, 0.4) is 0 Å². The first-order valence-electron chi connectivity index (χ1n) is 8.56. The largest absolute Gasteiger partial charge is 0.395 e. The Morgan fingerprint density at radius 3 is 2.09 bits per heavy atom. The number of urea groups is 1. The molecule has 4 N–H and O–H groups in total. The smallest absolute Gasteiger partial charge is 0.314 e. The SMILES string of the molecule is BC(=C)NC(C)CCC(C)NC(=O)NCCCCCCNC. The molecule has 22 heavy (non-hydrogen) atoms. The van der Waals surface area contributed by atoms with E-state index in [-0.39, 0.29) is 12.1 Å². The van der Waals surface area contributed by atoms with Crippen molar-refractivity contribution in [3.05, 3.63) is 12.2 Å². The van der Waals surface area contributed by atoms with Crippen molar-refractivity contribution in [1.82, 2.24) is 21.3 Å². The zero-order valence-electron chi connectivity index (χ0n) is 14.9. The van der Waals surface area contributed by atoms with E-state index < -0.39 is 0 Å². The molecule has 0 rings (SSSR count). The summed E-state index contributed by atoms with van der Waals surface area (Å²) in [6, 6.07) is 0.524. The molecule has 6 heteroatoms. The first kappa shape index (κ1) is 20.8. The van der Waals surface area contributed by atoms with Gasteiger partial charge in [-0.25, -0.2) is 4.79 Å². The van der Waals surface area contributed by atoms with Crippen LogP contribution < -0.4 is 21.3 Å². The number of carbonyl (C=O) groups is 1. The zero-order chi connectivity index (χ0) is 16.8. The highest BCUT2D eigenvalue weighted by Gasteiger charge is 2.08.